The van der Waals surface area contributed by atoms with Crippen LogP contribution in [0.5, 0.6) is 5.75 Å². The van der Waals surface area contributed by atoms with Crippen LogP contribution < -0.4 is 4.74 Å². The van der Waals surface area contributed by atoms with Crippen LogP contribution in [0.1, 0.15) is 15.9 Å². The van der Waals surface area contributed by atoms with Crippen LogP contribution in [0.25, 0.3) is 0 Å². The Morgan fingerprint density at radius 3 is 2.68 bits per heavy atom. The van der Waals surface area contributed by atoms with E-state index in [4.69, 9.17) is 9.84 Å². The van der Waals surface area contributed by atoms with Gasteiger partial charge in [0, 0.05) is 23.0 Å². The Kier molecular flexibility index (Phi) is 4.41. The summed E-state index contributed by atoms with van der Waals surface area (Å²) >= 11 is 1.46. The molecular formula is C14H13NO3S. The fourth-order valence-corrected chi connectivity index (χ4v) is 2.52. The molecule has 98 valence electrons. The maximum atomic E-state index is 11.1. The lowest BCUT2D eigenvalue weighted by Crippen LogP contribution is -1.99. The summed E-state index contributed by atoms with van der Waals surface area (Å²) in [7, 11) is 1.62. The average molecular weight is 275 g/mol. The van der Waals surface area contributed by atoms with Gasteiger partial charge in [-0.1, -0.05) is 12.1 Å². The Morgan fingerprint density at radius 2 is 2.05 bits per heavy atom. The molecule has 1 N–H and O–H groups in total. The highest BCUT2D eigenvalue weighted by atomic mass is 32.2. The molecule has 0 fully saturated rings. The molecule has 0 unspecified atom stereocenters. The lowest BCUT2D eigenvalue weighted by Gasteiger charge is -2.06. The van der Waals surface area contributed by atoms with Crippen molar-refractivity contribution in [2.24, 2.45) is 0 Å². The van der Waals surface area contributed by atoms with Crippen LogP contribution in [0, 0.1) is 0 Å². The molecule has 0 saturated heterocycles. The number of ether oxygens (including phenoxy) is 1. The summed E-state index contributed by atoms with van der Waals surface area (Å²) in [5.41, 5.74) is 1.39. The summed E-state index contributed by atoms with van der Waals surface area (Å²) in [6.07, 6.45) is 3.07. The number of rotatable bonds is 5. The zero-order valence-electron chi connectivity index (χ0n) is 10.4. The lowest BCUT2D eigenvalue weighted by atomic mass is 10.2. The zero-order chi connectivity index (χ0) is 13.7. The molecule has 0 radical (unpaired) electrons. The molecule has 0 atom stereocenters. The number of nitrogens with zero attached hydrogens (tertiary/aromatic N) is 1. The largest absolute Gasteiger partial charge is 0.497 e. The highest BCUT2D eigenvalue weighted by Crippen LogP contribution is 2.26. The normalized spacial score (nSPS) is 10.2. The third kappa shape index (κ3) is 3.48. The Morgan fingerprint density at radius 1 is 1.32 bits per heavy atom. The van der Waals surface area contributed by atoms with Crippen LogP contribution in [0.15, 0.2) is 47.6 Å². The van der Waals surface area contributed by atoms with Crippen molar-refractivity contribution in [1.29, 1.82) is 0 Å². The van der Waals surface area contributed by atoms with Gasteiger partial charge in [0.2, 0.25) is 0 Å². The number of benzene rings is 1. The summed E-state index contributed by atoms with van der Waals surface area (Å²) in [5, 5.41) is 9.07. The zero-order valence-corrected chi connectivity index (χ0v) is 11.2. The van der Waals surface area contributed by atoms with Crippen LogP contribution in [-0.2, 0) is 5.75 Å². The summed E-state index contributed by atoms with van der Waals surface area (Å²) in [6.45, 7) is 0. The molecule has 2 rings (SSSR count). The molecule has 4 nitrogen and oxygen atoms in total. The minimum absolute atomic E-state index is 0.286. The third-order valence-corrected chi connectivity index (χ3v) is 3.68. The first-order chi connectivity index (χ1) is 9.20. The molecule has 0 aliphatic carbocycles. The van der Waals surface area contributed by atoms with Crippen LogP contribution >= 0.6 is 11.8 Å². The molecule has 2 aromatic rings. The minimum atomic E-state index is -0.931. The van der Waals surface area contributed by atoms with E-state index in [1.165, 1.54) is 24.0 Å². The summed E-state index contributed by atoms with van der Waals surface area (Å²) in [6, 6.07) is 9.21. The molecule has 0 amide bonds. The van der Waals surface area contributed by atoms with Gasteiger partial charge in [-0.05, 0) is 23.8 Å². The van der Waals surface area contributed by atoms with E-state index in [9.17, 15) is 4.79 Å². The number of aromatic nitrogens is 1. The van der Waals surface area contributed by atoms with E-state index in [1.807, 2.05) is 24.3 Å². The lowest BCUT2D eigenvalue weighted by molar-refractivity contribution is 0.0693. The van der Waals surface area contributed by atoms with Crippen LogP contribution in [0.4, 0.5) is 0 Å². The van der Waals surface area contributed by atoms with Gasteiger partial charge in [0.1, 0.15) is 5.75 Å². The molecule has 5 heteroatoms. The van der Waals surface area contributed by atoms with Gasteiger partial charge in [-0.25, -0.2) is 4.79 Å². The number of aromatic carboxylic acids is 1. The van der Waals surface area contributed by atoms with Gasteiger partial charge in [-0.2, -0.15) is 0 Å². The Bertz CT molecular complexity index is 569. The smallest absolute Gasteiger partial charge is 0.336 e. The second kappa shape index (κ2) is 6.24. The van der Waals surface area contributed by atoms with Crippen molar-refractivity contribution in [3.63, 3.8) is 0 Å². The maximum Gasteiger partial charge on any atom is 0.336 e. The standard InChI is InChI=1S/C14H13NO3S/c1-18-11-4-2-10(3-5-11)9-19-13-8-15-7-6-12(13)14(16)17/h2-8H,9H2,1H3,(H,16,17). The minimum Gasteiger partial charge on any atom is -0.497 e. The van der Waals surface area contributed by atoms with Crippen molar-refractivity contribution in [1.82, 2.24) is 4.98 Å². The fourth-order valence-electron chi connectivity index (χ4n) is 1.55. The van der Waals surface area contributed by atoms with Crippen molar-refractivity contribution in [3.05, 3.63) is 53.9 Å². The van der Waals surface area contributed by atoms with Gasteiger partial charge in [0.25, 0.3) is 0 Å². The fraction of sp³-hybridized carbons (Fsp3) is 0.143. The van der Waals surface area contributed by atoms with Gasteiger partial charge in [-0.3, -0.25) is 4.98 Å². The number of thioether (sulfide) groups is 1. The van der Waals surface area contributed by atoms with E-state index in [0.717, 1.165) is 11.3 Å². The molecule has 1 aromatic heterocycles. The second-order valence-electron chi connectivity index (χ2n) is 3.81. The van der Waals surface area contributed by atoms with E-state index >= 15 is 0 Å². The molecule has 0 aliphatic rings. The summed E-state index contributed by atoms with van der Waals surface area (Å²) < 4.78 is 5.09. The third-order valence-electron chi connectivity index (χ3n) is 2.57. The number of carboxylic acids is 1. The van der Waals surface area contributed by atoms with Crippen molar-refractivity contribution in [2.75, 3.05) is 7.11 Å². The maximum absolute atomic E-state index is 11.1. The highest BCUT2D eigenvalue weighted by Gasteiger charge is 2.10. The Hall–Kier alpha value is -2.01. The van der Waals surface area contributed by atoms with E-state index < -0.39 is 5.97 Å². The highest BCUT2D eigenvalue weighted by molar-refractivity contribution is 7.98. The number of carbonyl (C=O) groups is 1. The predicted octanol–water partition coefficient (Wildman–Crippen LogP) is 3.08. The summed E-state index contributed by atoms with van der Waals surface area (Å²) in [5.74, 6) is 0.566. The number of pyridine rings is 1. The van der Waals surface area contributed by atoms with Crippen LogP contribution in [-0.4, -0.2) is 23.2 Å². The molecule has 1 heterocycles. The predicted molar refractivity (Wildman–Crippen MR) is 73.8 cm³/mol. The Labute approximate surface area is 115 Å². The molecule has 19 heavy (non-hydrogen) atoms. The van der Waals surface area contributed by atoms with E-state index in [2.05, 4.69) is 4.98 Å². The first-order valence-corrected chi connectivity index (χ1v) is 6.62. The van der Waals surface area contributed by atoms with Crippen LogP contribution in [0.2, 0.25) is 0 Å². The van der Waals surface area contributed by atoms with E-state index in [0.29, 0.717) is 10.6 Å². The molecular weight excluding hydrogens is 262 g/mol. The summed E-state index contributed by atoms with van der Waals surface area (Å²) in [4.78, 5) is 15.7. The number of hydrogen-bond donors (Lipinski definition) is 1. The first kappa shape index (κ1) is 13.4. The quantitative estimate of drug-likeness (QED) is 0.850. The van der Waals surface area contributed by atoms with Gasteiger partial charge < -0.3 is 9.84 Å². The van der Waals surface area contributed by atoms with E-state index in [-0.39, 0.29) is 5.56 Å². The van der Waals surface area contributed by atoms with Crippen molar-refractivity contribution in [2.45, 2.75) is 10.6 Å². The first-order valence-electron chi connectivity index (χ1n) is 5.63. The van der Waals surface area contributed by atoms with Gasteiger partial charge in [0.05, 0.1) is 12.7 Å². The molecule has 0 saturated carbocycles. The van der Waals surface area contributed by atoms with Crippen molar-refractivity contribution >= 4 is 17.7 Å². The molecule has 1 aromatic carbocycles. The number of hydrogen-bond acceptors (Lipinski definition) is 4. The van der Waals surface area contributed by atoms with Gasteiger partial charge >= 0.3 is 5.97 Å². The van der Waals surface area contributed by atoms with Crippen LogP contribution in [0.3, 0.4) is 0 Å². The molecule has 0 spiro atoms. The monoisotopic (exact) mass is 275 g/mol. The van der Waals surface area contributed by atoms with Gasteiger partial charge in [0.15, 0.2) is 0 Å². The topological polar surface area (TPSA) is 59.4 Å². The second-order valence-corrected chi connectivity index (χ2v) is 4.83. The van der Waals surface area contributed by atoms with Crippen molar-refractivity contribution < 1.29 is 14.6 Å². The molecule has 0 aliphatic heterocycles. The van der Waals surface area contributed by atoms with Gasteiger partial charge in [-0.15, -0.1) is 11.8 Å². The molecule has 0 bridgehead atoms. The average Bonchev–Trinajstić information content (AvgIpc) is 2.46. The Balaban J connectivity index is 2.07. The van der Waals surface area contributed by atoms with Crippen molar-refractivity contribution in [3.8, 4) is 5.75 Å². The SMILES string of the molecule is COc1ccc(CSc2cnccc2C(=O)O)cc1. The number of methoxy groups -OCH3 is 1. The number of carboxylic acid groups (broad SMARTS) is 1. The van der Waals surface area contributed by atoms with E-state index in [1.54, 1.807) is 13.3 Å².